The first-order valence-electron chi connectivity index (χ1n) is 10.5. The predicted octanol–water partition coefficient (Wildman–Crippen LogP) is 1.73. The zero-order valence-corrected chi connectivity index (χ0v) is 18.2. The standard InChI is InChI=1S/C20H31N3O6S.CH4/c1-2-3-4-16-5-6-17(21-15-16)19(25)7-11-23(12-8-19)30(27,28)20(18(24)22-26)9-13-29-14-10-20;/h5-6,15,25-26H,2-4,7-14H2,1H3,(H,22,24);1H4. The maximum absolute atomic E-state index is 13.4. The van der Waals surface area contributed by atoms with Gasteiger partial charge in [-0.2, -0.15) is 0 Å². The Kier molecular flexibility index (Phi) is 8.57. The minimum atomic E-state index is -4.06. The van der Waals surface area contributed by atoms with E-state index in [1.165, 1.54) is 9.79 Å². The number of carbonyl (C=O) groups is 1. The Morgan fingerprint density at radius 2 is 1.87 bits per heavy atom. The Hall–Kier alpha value is -1.59. The monoisotopic (exact) mass is 457 g/mol. The van der Waals surface area contributed by atoms with Gasteiger partial charge >= 0.3 is 0 Å². The van der Waals surface area contributed by atoms with Crippen LogP contribution < -0.4 is 5.48 Å². The number of sulfonamides is 1. The molecular weight excluding hydrogens is 422 g/mol. The Bertz CT molecular complexity index is 829. The summed E-state index contributed by atoms with van der Waals surface area (Å²) >= 11 is 0. The largest absolute Gasteiger partial charge is 0.383 e. The molecule has 0 aromatic carbocycles. The molecule has 3 N–H and O–H groups in total. The van der Waals surface area contributed by atoms with Crippen LogP contribution in [-0.4, -0.2) is 65.0 Å². The van der Waals surface area contributed by atoms with Gasteiger partial charge in [-0.15, -0.1) is 0 Å². The molecule has 176 valence electrons. The van der Waals surface area contributed by atoms with Crippen LogP contribution in [-0.2, 0) is 31.6 Å². The third-order valence-corrected chi connectivity index (χ3v) is 8.95. The van der Waals surface area contributed by atoms with E-state index < -0.39 is 26.3 Å². The van der Waals surface area contributed by atoms with Crippen molar-refractivity contribution in [3.05, 3.63) is 29.6 Å². The van der Waals surface area contributed by atoms with Gasteiger partial charge in [-0.3, -0.25) is 15.0 Å². The number of carbonyl (C=O) groups excluding carboxylic acids is 1. The quantitative estimate of drug-likeness (QED) is 0.420. The second-order valence-corrected chi connectivity index (χ2v) is 10.4. The van der Waals surface area contributed by atoms with E-state index in [-0.39, 0.29) is 59.4 Å². The molecule has 9 nitrogen and oxygen atoms in total. The lowest BCUT2D eigenvalue weighted by Gasteiger charge is -2.42. The number of amides is 1. The molecule has 2 fully saturated rings. The van der Waals surface area contributed by atoms with Crippen LogP contribution >= 0.6 is 0 Å². The number of aromatic nitrogens is 1. The van der Waals surface area contributed by atoms with E-state index >= 15 is 0 Å². The van der Waals surface area contributed by atoms with Crippen molar-refractivity contribution in [2.75, 3.05) is 26.3 Å². The molecule has 0 spiro atoms. The van der Waals surface area contributed by atoms with Crippen molar-refractivity contribution in [1.82, 2.24) is 14.8 Å². The van der Waals surface area contributed by atoms with E-state index in [4.69, 9.17) is 9.94 Å². The van der Waals surface area contributed by atoms with E-state index in [0.29, 0.717) is 5.69 Å². The van der Waals surface area contributed by atoms with Crippen molar-refractivity contribution in [2.24, 2.45) is 0 Å². The SMILES string of the molecule is C.CCCCc1ccc(C2(O)CCN(S(=O)(=O)C3(C(=O)NO)CCOCC3)CC2)nc1. The minimum Gasteiger partial charge on any atom is -0.383 e. The summed E-state index contributed by atoms with van der Waals surface area (Å²) in [6.45, 7) is 2.51. The molecule has 2 aliphatic heterocycles. The molecule has 3 heterocycles. The molecule has 0 saturated carbocycles. The van der Waals surface area contributed by atoms with E-state index in [1.807, 2.05) is 12.1 Å². The van der Waals surface area contributed by atoms with E-state index in [9.17, 15) is 18.3 Å². The zero-order chi connectivity index (χ0) is 21.8. The van der Waals surface area contributed by atoms with Crippen LogP contribution in [0.1, 0.15) is 64.1 Å². The normalized spacial score (nSPS) is 21.1. The molecular formula is C21H35N3O6S. The third-order valence-electron chi connectivity index (χ3n) is 6.32. The summed E-state index contributed by atoms with van der Waals surface area (Å²) in [6.07, 6.45) is 5.19. The van der Waals surface area contributed by atoms with Gasteiger partial charge in [-0.1, -0.05) is 26.8 Å². The summed E-state index contributed by atoms with van der Waals surface area (Å²) in [4.78, 5) is 16.8. The molecule has 0 bridgehead atoms. The number of aryl methyl sites for hydroxylation is 1. The first-order valence-corrected chi connectivity index (χ1v) is 11.9. The second-order valence-electron chi connectivity index (χ2n) is 8.14. The number of hydrogen-bond donors (Lipinski definition) is 3. The Balaban J connectivity index is 0.00000341. The first kappa shape index (κ1) is 25.7. The highest BCUT2D eigenvalue weighted by Gasteiger charge is 2.55. The van der Waals surface area contributed by atoms with Crippen molar-refractivity contribution in [3.8, 4) is 0 Å². The number of aliphatic hydroxyl groups is 1. The third kappa shape index (κ3) is 4.93. The lowest BCUT2D eigenvalue weighted by Crippen LogP contribution is -2.61. The fourth-order valence-electron chi connectivity index (χ4n) is 4.23. The van der Waals surface area contributed by atoms with Gasteiger partial charge in [0, 0.05) is 45.3 Å². The first-order chi connectivity index (χ1) is 14.3. The van der Waals surface area contributed by atoms with Crippen LogP contribution in [0.15, 0.2) is 18.3 Å². The van der Waals surface area contributed by atoms with Gasteiger partial charge in [-0.05, 0) is 37.3 Å². The van der Waals surface area contributed by atoms with Crippen LogP contribution in [0.4, 0.5) is 0 Å². The van der Waals surface area contributed by atoms with E-state index in [2.05, 4.69) is 11.9 Å². The van der Waals surface area contributed by atoms with Crippen molar-refractivity contribution in [3.63, 3.8) is 0 Å². The highest BCUT2D eigenvalue weighted by atomic mass is 32.2. The fraction of sp³-hybridized carbons (Fsp3) is 0.714. The number of pyridine rings is 1. The zero-order valence-electron chi connectivity index (χ0n) is 17.3. The van der Waals surface area contributed by atoms with Gasteiger partial charge < -0.3 is 9.84 Å². The molecule has 2 saturated heterocycles. The smallest absolute Gasteiger partial charge is 0.266 e. The maximum atomic E-state index is 13.4. The summed E-state index contributed by atoms with van der Waals surface area (Å²) < 4.78 is 31.4. The van der Waals surface area contributed by atoms with Gasteiger partial charge in [0.2, 0.25) is 10.0 Å². The van der Waals surface area contributed by atoms with Gasteiger partial charge in [0.15, 0.2) is 4.75 Å². The number of unbranched alkanes of at least 4 members (excludes halogenated alkanes) is 1. The van der Waals surface area contributed by atoms with Crippen molar-refractivity contribution in [2.45, 2.75) is 69.6 Å². The number of piperidine rings is 1. The van der Waals surface area contributed by atoms with E-state index in [0.717, 1.165) is 24.8 Å². The van der Waals surface area contributed by atoms with Crippen LogP contribution in [0.3, 0.4) is 0 Å². The molecule has 0 unspecified atom stereocenters. The Morgan fingerprint density at radius 3 is 2.39 bits per heavy atom. The molecule has 0 aliphatic carbocycles. The summed E-state index contributed by atoms with van der Waals surface area (Å²) in [5, 5.41) is 20.3. The number of rotatable bonds is 7. The molecule has 0 atom stereocenters. The highest BCUT2D eigenvalue weighted by molar-refractivity contribution is 7.91. The van der Waals surface area contributed by atoms with Crippen molar-refractivity contribution >= 4 is 15.9 Å². The number of nitrogens with one attached hydrogen (secondary N) is 1. The number of hydroxylamine groups is 1. The predicted molar refractivity (Wildman–Crippen MR) is 116 cm³/mol. The minimum absolute atomic E-state index is 0. The van der Waals surface area contributed by atoms with E-state index in [1.54, 1.807) is 6.20 Å². The Labute approximate surface area is 184 Å². The number of hydrogen-bond acceptors (Lipinski definition) is 7. The molecule has 31 heavy (non-hydrogen) atoms. The van der Waals surface area contributed by atoms with Crippen molar-refractivity contribution in [1.29, 1.82) is 0 Å². The summed E-state index contributed by atoms with van der Waals surface area (Å²) in [6, 6.07) is 3.77. The van der Waals surface area contributed by atoms with Gasteiger partial charge in [0.1, 0.15) is 5.60 Å². The molecule has 1 aromatic heterocycles. The van der Waals surface area contributed by atoms with Gasteiger partial charge in [-0.25, -0.2) is 18.2 Å². The number of nitrogens with zero attached hydrogens (tertiary/aromatic N) is 2. The van der Waals surface area contributed by atoms with Gasteiger partial charge in [0.25, 0.3) is 5.91 Å². The highest BCUT2D eigenvalue weighted by Crippen LogP contribution is 2.38. The molecule has 3 rings (SSSR count). The summed E-state index contributed by atoms with van der Waals surface area (Å²) in [5.41, 5.74) is 1.96. The molecule has 1 amide bonds. The molecule has 2 aliphatic rings. The maximum Gasteiger partial charge on any atom is 0.266 e. The lowest BCUT2D eigenvalue weighted by molar-refractivity contribution is -0.134. The number of ether oxygens (including phenoxy) is 1. The van der Waals surface area contributed by atoms with Crippen LogP contribution in [0.5, 0.6) is 0 Å². The average molecular weight is 458 g/mol. The topological polar surface area (TPSA) is 129 Å². The molecule has 10 heteroatoms. The lowest BCUT2D eigenvalue weighted by atomic mass is 9.88. The molecule has 0 radical (unpaired) electrons. The average Bonchev–Trinajstić information content (AvgIpc) is 2.78. The van der Waals surface area contributed by atoms with Crippen LogP contribution in [0.25, 0.3) is 0 Å². The summed E-state index contributed by atoms with van der Waals surface area (Å²) in [5.74, 6) is -0.934. The van der Waals surface area contributed by atoms with Crippen LogP contribution in [0, 0.1) is 0 Å². The summed E-state index contributed by atoms with van der Waals surface area (Å²) in [7, 11) is -4.06. The second kappa shape index (κ2) is 10.4. The van der Waals surface area contributed by atoms with Gasteiger partial charge in [0.05, 0.1) is 5.69 Å². The fourth-order valence-corrected chi connectivity index (χ4v) is 6.35. The van der Waals surface area contributed by atoms with Crippen LogP contribution in [0.2, 0.25) is 0 Å². The Morgan fingerprint density at radius 1 is 1.23 bits per heavy atom. The molecule has 1 aromatic rings. The van der Waals surface area contributed by atoms with Crippen molar-refractivity contribution < 1.29 is 28.3 Å².